The van der Waals surface area contributed by atoms with Crippen LogP contribution in [0.4, 0.5) is 0 Å². The highest BCUT2D eigenvalue weighted by atomic mass is 16.5. The molecule has 2 nitrogen and oxygen atoms in total. The van der Waals surface area contributed by atoms with Gasteiger partial charge < -0.3 is 4.74 Å². The van der Waals surface area contributed by atoms with Crippen molar-refractivity contribution in [3.05, 3.63) is 0 Å². The van der Waals surface area contributed by atoms with E-state index in [4.69, 9.17) is 4.74 Å². The molecule has 1 aliphatic rings. The number of cyclic esters (lactones) is 1. The van der Waals surface area contributed by atoms with Gasteiger partial charge in [-0.05, 0) is 0 Å². The lowest BCUT2D eigenvalue weighted by atomic mass is 9.83. The van der Waals surface area contributed by atoms with Crippen molar-refractivity contribution in [2.24, 2.45) is 11.3 Å². The van der Waals surface area contributed by atoms with Gasteiger partial charge in [0, 0.05) is 5.41 Å². The van der Waals surface area contributed by atoms with Crippen LogP contribution < -0.4 is 0 Å². The number of carbonyl (C=O) groups excluding carboxylic acids is 1. The molecule has 0 spiro atoms. The lowest BCUT2D eigenvalue weighted by molar-refractivity contribution is -0.140. The maximum absolute atomic E-state index is 10.8. The van der Waals surface area contributed by atoms with Gasteiger partial charge in [-0.3, -0.25) is 4.79 Å². The largest absolute Gasteiger partial charge is 0.465 e. The van der Waals surface area contributed by atoms with Crippen molar-refractivity contribution < 1.29 is 9.53 Å². The van der Waals surface area contributed by atoms with Crippen LogP contribution in [0.15, 0.2) is 0 Å². The number of carbonyl (C=O) groups is 1. The summed E-state index contributed by atoms with van der Waals surface area (Å²) in [6, 6.07) is 0. The highest BCUT2D eigenvalue weighted by Crippen LogP contribution is 2.33. The zero-order valence-electron chi connectivity index (χ0n) is 6.10. The van der Waals surface area contributed by atoms with E-state index in [0.717, 1.165) is 0 Å². The lowest BCUT2D eigenvalue weighted by Gasteiger charge is -2.16. The van der Waals surface area contributed by atoms with E-state index >= 15 is 0 Å². The van der Waals surface area contributed by atoms with Gasteiger partial charge in [-0.15, -0.1) is 0 Å². The summed E-state index contributed by atoms with van der Waals surface area (Å²) in [5.74, 6) is 0.0116. The highest BCUT2D eigenvalue weighted by Gasteiger charge is 2.39. The molecule has 0 aromatic rings. The average molecular weight is 128 g/mol. The fraction of sp³-hybridized carbons (Fsp3) is 0.857. The Bertz CT molecular complexity index is 138. The Balaban J connectivity index is 2.73. The van der Waals surface area contributed by atoms with E-state index in [0.29, 0.717) is 6.61 Å². The van der Waals surface area contributed by atoms with Crippen molar-refractivity contribution in [2.45, 2.75) is 20.8 Å². The van der Waals surface area contributed by atoms with Crippen LogP contribution in [0.2, 0.25) is 0 Å². The van der Waals surface area contributed by atoms with Gasteiger partial charge >= 0.3 is 5.97 Å². The molecule has 0 saturated carbocycles. The van der Waals surface area contributed by atoms with Gasteiger partial charge in [0.05, 0.1) is 12.5 Å². The minimum Gasteiger partial charge on any atom is -0.465 e. The Labute approximate surface area is 55.2 Å². The second kappa shape index (κ2) is 1.72. The monoisotopic (exact) mass is 128 g/mol. The van der Waals surface area contributed by atoms with E-state index in [1.165, 1.54) is 0 Å². The van der Waals surface area contributed by atoms with Gasteiger partial charge in [-0.25, -0.2) is 0 Å². The van der Waals surface area contributed by atoms with Crippen LogP contribution in [-0.2, 0) is 9.53 Å². The minimum atomic E-state index is -0.0556. The number of esters is 1. The highest BCUT2D eigenvalue weighted by molar-refractivity contribution is 5.74. The molecule has 1 fully saturated rings. The Hall–Kier alpha value is -0.530. The summed E-state index contributed by atoms with van der Waals surface area (Å²) in [4.78, 5) is 10.8. The van der Waals surface area contributed by atoms with Crippen molar-refractivity contribution >= 4 is 5.97 Å². The van der Waals surface area contributed by atoms with E-state index < -0.39 is 0 Å². The molecule has 1 unspecified atom stereocenters. The first kappa shape index (κ1) is 6.59. The Morgan fingerprint density at radius 3 is 2.33 bits per heavy atom. The van der Waals surface area contributed by atoms with Crippen LogP contribution in [0.1, 0.15) is 20.8 Å². The minimum absolute atomic E-state index is 0.0527. The first-order valence-corrected chi connectivity index (χ1v) is 3.21. The van der Waals surface area contributed by atoms with Crippen molar-refractivity contribution in [1.82, 2.24) is 0 Å². The van der Waals surface area contributed by atoms with Crippen LogP contribution in [0, 0.1) is 11.3 Å². The SMILES string of the molecule is CC1C(=O)OCC1(C)C. The quantitative estimate of drug-likeness (QED) is 0.458. The van der Waals surface area contributed by atoms with Gasteiger partial charge in [0.1, 0.15) is 0 Å². The molecule has 0 aliphatic carbocycles. The maximum atomic E-state index is 10.8. The first-order chi connectivity index (χ1) is 4.04. The van der Waals surface area contributed by atoms with Gasteiger partial charge in [-0.1, -0.05) is 20.8 Å². The molecule has 52 valence electrons. The van der Waals surface area contributed by atoms with Gasteiger partial charge in [-0.2, -0.15) is 0 Å². The molecule has 9 heavy (non-hydrogen) atoms. The fourth-order valence-electron chi connectivity index (χ4n) is 0.826. The second-order valence-electron chi connectivity index (χ2n) is 3.32. The summed E-state index contributed by atoms with van der Waals surface area (Å²) in [7, 11) is 0. The summed E-state index contributed by atoms with van der Waals surface area (Å²) in [6.07, 6.45) is 0. The summed E-state index contributed by atoms with van der Waals surface area (Å²) < 4.78 is 4.84. The van der Waals surface area contributed by atoms with Gasteiger partial charge in [0.25, 0.3) is 0 Å². The lowest BCUT2D eigenvalue weighted by Crippen LogP contribution is -2.20. The molecule has 1 heterocycles. The Morgan fingerprint density at radius 2 is 2.22 bits per heavy atom. The smallest absolute Gasteiger partial charge is 0.309 e. The Kier molecular flexibility index (Phi) is 1.26. The van der Waals surface area contributed by atoms with Gasteiger partial charge in [0.2, 0.25) is 0 Å². The van der Waals surface area contributed by atoms with Crippen molar-refractivity contribution in [3.63, 3.8) is 0 Å². The molecular weight excluding hydrogens is 116 g/mol. The number of rotatable bonds is 0. The second-order valence-corrected chi connectivity index (χ2v) is 3.32. The van der Waals surface area contributed by atoms with Crippen LogP contribution in [0.3, 0.4) is 0 Å². The average Bonchev–Trinajstić information content (AvgIpc) is 1.97. The van der Waals surface area contributed by atoms with E-state index in [1.807, 2.05) is 20.8 Å². The number of hydrogen-bond donors (Lipinski definition) is 0. The molecule has 0 amide bonds. The summed E-state index contributed by atoms with van der Waals surface area (Å²) in [5.41, 5.74) is 0.0527. The molecule has 0 aromatic carbocycles. The third kappa shape index (κ3) is 0.934. The molecule has 1 saturated heterocycles. The molecule has 0 radical (unpaired) electrons. The summed E-state index contributed by atoms with van der Waals surface area (Å²) in [5, 5.41) is 0. The van der Waals surface area contributed by atoms with E-state index in [1.54, 1.807) is 0 Å². The molecule has 1 atom stereocenters. The summed E-state index contributed by atoms with van der Waals surface area (Å²) in [6.45, 7) is 6.58. The Morgan fingerprint density at radius 1 is 1.67 bits per heavy atom. The normalized spacial score (nSPS) is 32.3. The molecule has 2 heteroatoms. The molecule has 1 rings (SSSR count). The number of hydrogen-bond acceptors (Lipinski definition) is 2. The topological polar surface area (TPSA) is 26.3 Å². The molecule has 0 aromatic heterocycles. The van der Waals surface area contributed by atoms with E-state index in [2.05, 4.69) is 0 Å². The van der Waals surface area contributed by atoms with E-state index in [-0.39, 0.29) is 17.3 Å². The first-order valence-electron chi connectivity index (χ1n) is 3.21. The third-order valence-corrected chi connectivity index (χ3v) is 2.11. The molecule has 0 N–H and O–H groups in total. The van der Waals surface area contributed by atoms with Gasteiger partial charge in [0.15, 0.2) is 0 Å². The van der Waals surface area contributed by atoms with Crippen molar-refractivity contribution in [2.75, 3.05) is 6.61 Å². The molecule has 0 bridgehead atoms. The molecule has 1 aliphatic heterocycles. The zero-order chi connectivity index (χ0) is 7.07. The summed E-state index contributed by atoms with van der Waals surface area (Å²) >= 11 is 0. The van der Waals surface area contributed by atoms with Crippen LogP contribution in [0.5, 0.6) is 0 Å². The standard InChI is InChI=1S/C7H12O2/c1-5-6(8)9-4-7(5,2)3/h5H,4H2,1-3H3. The van der Waals surface area contributed by atoms with Crippen molar-refractivity contribution in [3.8, 4) is 0 Å². The maximum Gasteiger partial charge on any atom is 0.309 e. The predicted molar refractivity (Wildman–Crippen MR) is 33.9 cm³/mol. The van der Waals surface area contributed by atoms with Crippen LogP contribution in [0.25, 0.3) is 0 Å². The predicted octanol–water partition coefficient (Wildman–Crippen LogP) is 1.21. The molecular formula is C7H12O2. The van der Waals surface area contributed by atoms with Crippen LogP contribution >= 0.6 is 0 Å². The number of ether oxygens (including phenoxy) is 1. The fourth-order valence-corrected chi connectivity index (χ4v) is 0.826. The zero-order valence-corrected chi connectivity index (χ0v) is 6.10. The third-order valence-electron chi connectivity index (χ3n) is 2.11. The van der Waals surface area contributed by atoms with Crippen molar-refractivity contribution in [1.29, 1.82) is 0 Å². The van der Waals surface area contributed by atoms with Crippen LogP contribution in [-0.4, -0.2) is 12.6 Å². The van der Waals surface area contributed by atoms with E-state index in [9.17, 15) is 4.79 Å².